The van der Waals surface area contributed by atoms with Gasteiger partial charge < -0.3 is 19.9 Å². The molecule has 3 N–H and O–H groups in total. The average molecular weight is 510 g/mol. The van der Waals surface area contributed by atoms with Crippen LogP contribution < -0.4 is 10.0 Å². The number of rotatable bonds is 8. The fraction of sp³-hybridized carbons (Fsp3) is 0.500. The van der Waals surface area contributed by atoms with E-state index in [9.17, 15) is 23.1 Å². The van der Waals surface area contributed by atoms with Gasteiger partial charge in [0.2, 0.25) is 10.0 Å². The number of hydrogen-bond donors (Lipinski definition) is 3. The lowest BCUT2D eigenvalue weighted by Crippen LogP contribution is -2.44. The lowest BCUT2D eigenvalue weighted by atomic mass is 9.86. The molecule has 2 fully saturated rings. The van der Waals surface area contributed by atoms with Gasteiger partial charge in [-0.25, -0.2) is 27.7 Å². The number of carbonyl (C=O) groups excluding carboxylic acids is 1. The maximum absolute atomic E-state index is 12.8. The molecular weight excluding hydrogens is 482 g/mol. The number of benzene rings is 1. The summed E-state index contributed by atoms with van der Waals surface area (Å²) in [5.74, 6) is -0.986. The molecule has 0 unspecified atom stereocenters. The topological polar surface area (TPSA) is 144 Å². The Bertz CT molecular complexity index is 1150. The van der Waals surface area contributed by atoms with Crippen LogP contribution in [0.1, 0.15) is 53.9 Å². The Hall–Kier alpha value is -2.54. The van der Waals surface area contributed by atoms with Crippen LogP contribution in [0.2, 0.25) is 0 Å². The number of thiazole rings is 1. The van der Waals surface area contributed by atoms with Crippen molar-refractivity contribution in [1.82, 2.24) is 15.0 Å². The molecule has 1 aromatic heterocycles. The van der Waals surface area contributed by atoms with Crippen molar-refractivity contribution in [3.63, 3.8) is 0 Å². The molecule has 1 aliphatic heterocycles. The number of carboxylic acids is 1. The molecule has 1 saturated carbocycles. The Kier molecular flexibility index (Phi) is 7.51. The molecule has 0 spiro atoms. The highest BCUT2D eigenvalue weighted by molar-refractivity contribution is 7.89. The molecular formula is C22H27N3O7S2. The van der Waals surface area contributed by atoms with Crippen molar-refractivity contribution >= 4 is 33.4 Å². The first-order chi connectivity index (χ1) is 16.3. The second kappa shape index (κ2) is 10.4. The van der Waals surface area contributed by atoms with E-state index >= 15 is 0 Å². The number of amides is 1. The molecule has 0 atom stereocenters. The van der Waals surface area contributed by atoms with Crippen LogP contribution in [0.5, 0.6) is 0 Å². The molecule has 1 aromatic carbocycles. The second-order valence-corrected chi connectivity index (χ2v) is 11.1. The fourth-order valence-electron chi connectivity index (χ4n) is 4.07. The van der Waals surface area contributed by atoms with Gasteiger partial charge in [0.05, 0.1) is 33.6 Å². The smallest absolute Gasteiger partial charge is 0.407 e. The van der Waals surface area contributed by atoms with Crippen molar-refractivity contribution < 1.29 is 32.6 Å². The normalized spacial score (nSPS) is 21.0. The summed E-state index contributed by atoms with van der Waals surface area (Å²) in [5.41, 5.74) is 0.326. The Morgan fingerprint density at radius 3 is 2.59 bits per heavy atom. The van der Waals surface area contributed by atoms with Gasteiger partial charge in [-0.1, -0.05) is 13.0 Å². The molecule has 12 heteroatoms. The van der Waals surface area contributed by atoms with Crippen molar-refractivity contribution in [2.45, 2.75) is 55.6 Å². The monoisotopic (exact) mass is 509 g/mol. The molecule has 0 radical (unpaired) electrons. The van der Waals surface area contributed by atoms with Gasteiger partial charge in [-0.05, 0) is 37.8 Å². The SMILES string of the molecule is CCNS(=O)(=O)c1cc(C(=O)O)ccc1-c1cnc(C2CCC(NC(=O)OC3COC3)CC2)s1. The standard InChI is InChI=1S/C22H27N3O7S2/c1-2-24-34(29,30)19-9-14(21(26)27)5-8-17(19)18-10-23-20(33-18)13-3-6-15(7-4-13)25-22(28)32-16-11-31-12-16/h5,8-10,13,15-16,24H,2-4,6-7,11-12H2,1H3,(H,25,28)(H,26,27). The summed E-state index contributed by atoms with van der Waals surface area (Å²) in [4.78, 5) is 28.5. The quantitative estimate of drug-likeness (QED) is 0.493. The number of ether oxygens (including phenoxy) is 2. The van der Waals surface area contributed by atoms with Crippen molar-refractivity contribution in [3.05, 3.63) is 35.0 Å². The number of aromatic nitrogens is 1. The van der Waals surface area contributed by atoms with E-state index in [-0.39, 0.29) is 35.1 Å². The molecule has 34 heavy (non-hydrogen) atoms. The van der Waals surface area contributed by atoms with Crippen molar-refractivity contribution in [1.29, 1.82) is 0 Å². The first kappa shape index (κ1) is 24.6. The number of alkyl carbamates (subject to hydrolysis) is 1. The van der Waals surface area contributed by atoms with E-state index in [0.717, 1.165) is 30.7 Å². The number of sulfonamides is 1. The van der Waals surface area contributed by atoms with Gasteiger partial charge in [0, 0.05) is 30.3 Å². The molecule has 4 rings (SSSR count). The zero-order chi connectivity index (χ0) is 24.3. The van der Waals surface area contributed by atoms with Crippen molar-refractivity contribution in [3.8, 4) is 10.4 Å². The predicted octanol–water partition coefficient (Wildman–Crippen LogP) is 2.96. The minimum Gasteiger partial charge on any atom is -0.478 e. The van der Waals surface area contributed by atoms with Crippen LogP contribution in [0, 0.1) is 0 Å². The van der Waals surface area contributed by atoms with Gasteiger partial charge in [0.25, 0.3) is 0 Å². The highest BCUT2D eigenvalue weighted by atomic mass is 32.2. The van der Waals surface area contributed by atoms with E-state index in [0.29, 0.717) is 23.7 Å². The summed E-state index contributed by atoms with van der Waals surface area (Å²) in [6.07, 6.45) is 4.34. The van der Waals surface area contributed by atoms with Gasteiger partial charge in [-0.15, -0.1) is 11.3 Å². The van der Waals surface area contributed by atoms with Crippen molar-refractivity contribution in [2.24, 2.45) is 0 Å². The number of carboxylic acid groups (broad SMARTS) is 1. The molecule has 2 aromatic rings. The third kappa shape index (κ3) is 5.57. The molecule has 1 saturated heterocycles. The zero-order valence-corrected chi connectivity index (χ0v) is 20.3. The summed E-state index contributed by atoms with van der Waals surface area (Å²) in [7, 11) is -3.88. The molecule has 10 nitrogen and oxygen atoms in total. The van der Waals surface area contributed by atoms with Gasteiger partial charge in [-0.3, -0.25) is 0 Å². The molecule has 0 bridgehead atoms. The van der Waals surface area contributed by atoms with Crippen LogP contribution in [0.3, 0.4) is 0 Å². The van der Waals surface area contributed by atoms with Crippen LogP contribution in [0.4, 0.5) is 4.79 Å². The maximum atomic E-state index is 12.8. The summed E-state index contributed by atoms with van der Waals surface area (Å²) in [6.45, 7) is 2.74. The van der Waals surface area contributed by atoms with Crippen LogP contribution >= 0.6 is 11.3 Å². The largest absolute Gasteiger partial charge is 0.478 e. The summed E-state index contributed by atoms with van der Waals surface area (Å²) in [6, 6.07) is 4.14. The minimum atomic E-state index is -3.88. The molecule has 1 aliphatic carbocycles. The number of nitrogens with zero attached hydrogens (tertiary/aromatic N) is 1. The van der Waals surface area contributed by atoms with Crippen LogP contribution in [-0.2, 0) is 19.5 Å². The fourth-order valence-corrected chi connectivity index (χ4v) is 6.55. The van der Waals surface area contributed by atoms with E-state index in [4.69, 9.17) is 9.47 Å². The third-order valence-electron chi connectivity index (χ3n) is 5.92. The first-order valence-corrected chi connectivity index (χ1v) is 13.4. The summed E-state index contributed by atoms with van der Waals surface area (Å²) in [5, 5.41) is 13.1. The van der Waals surface area contributed by atoms with Crippen LogP contribution in [0.15, 0.2) is 29.3 Å². The summed E-state index contributed by atoms with van der Waals surface area (Å²) >= 11 is 1.41. The van der Waals surface area contributed by atoms with E-state index in [1.807, 2.05) is 0 Å². The lowest BCUT2D eigenvalue weighted by Gasteiger charge is -2.30. The van der Waals surface area contributed by atoms with Gasteiger partial charge in [-0.2, -0.15) is 0 Å². The van der Waals surface area contributed by atoms with Gasteiger partial charge in [0.1, 0.15) is 0 Å². The van der Waals surface area contributed by atoms with Gasteiger partial charge in [0.15, 0.2) is 6.10 Å². The Balaban J connectivity index is 1.45. The highest BCUT2D eigenvalue weighted by Crippen LogP contribution is 2.39. The minimum absolute atomic E-state index is 0.0459. The summed E-state index contributed by atoms with van der Waals surface area (Å²) < 4.78 is 38.2. The average Bonchev–Trinajstić information content (AvgIpc) is 3.26. The van der Waals surface area contributed by atoms with Crippen LogP contribution in [0.25, 0.3) is 10.4 Å². The van der Waals surface area contributed by atoms with E-state index in [1.165, 1.54) is 29.5 Å². The van der Waals surface area contributed by atoms with Crippen LogP contribution in [-0.4, -0.2) is 62.5 Å². The van der Waals surface area contributed by atoms with E-state index in [1.54, 1.807) is 13.1 Å². The Morgan fingerprint density at radius 1 is 1.24 bits per heavy atom. The Labute approximate surface area is 201 Å². The van der Waals surface area contributed by atoms with E-state index < -0.39 is 22.1 Å². The zero-order valence-electron chi connectivity index (χ0n) is 18.7. The molecule has 2 heterocycles. The lowest BCUT2D eigenvalue weighted by molar-refractivity contribution is -0.0985. The maximum Gasteiger partial charge on any atom is 0.407 e. The van der Waals surface area contributed by atoms with Gasteiger partial charge >= 0.3 is 12.1 Å². The number of aromatic carboxylic acids is 1. The number of hydrogen-bond acceptors (Lipinski definition) is 8. The highest BCUT2D eigenvalue weighted by Gasteiger charge is 2.29. The molecule has 184 valence electrons. The molecule has 2 aliphatic rings. The Morgan fingerprint density at radius 2 is 1.97 bits per heavy atom. The third-order valence-corrected chi connectivity index (χ3v) is 8.70. The number of nitrogens with one attached hydrogen (secondary N) is 2. The van der Waals surface area contributed by atoms with Crippen molar-refractivity contribution in [2.75, 3.05) is 19.8 Å². The predicted molar refractivity (Wildman–Crippen MR) is 125 cm³/mol. The second-order valence-electron chi connectivity index (χ2n) is 8.34. The molecule has 1 amide bonds. The first-order valence-electron chi connectivity index (χ1n) is 11.1. The number of carbonyl (C=O) groups is 2. The van der Waals surface area contributed by atoms with E-state index in [2.05, 4.69) is 15.0 Å².